The Morgan fingerprint density at radius 1 is 1.31 bits per heavy atom. The normalized spacial score (nSPS) is 10.3. The van der Waals surface area contributed by atoms with Crippen LogP contribution >= 0.6 is 23.4 Å². The maximum absolute atomic E-state index is 10.6. The number of carbonyl (C=O) groups is 1. The number of carboxylic acid groups (broad SMARTS) is 1. The molecule has 1 aromatic heterocycles. The third-order valence-electron chi connectivity index (χ3n) is 1.81. The summed E-state index contributed by atoms with van der Waals surface area (Å²) in [5.74, 6) is -1.14. The number of carboxylic acids is 1. The molecule has 82 valence electrons. The van der Waals surface area contributed by atoms with Crippen molar-refractivity contribution < 1.29 is 14.3 Å². The lowest BCUT2D eigenvalue weighted by molar-refractivity contribution is 0.0656. The summed E-state index contributed by atoms with van der Waals surface area (Å²) < 4.78 is 5.11. The lowest BCUT2D eigenvalue weighted by Crippen LogP contribution is -1.91. The minimum Gasteiger partial charge on any atom is -0.475 e. The summed E-state index contributed by atoms with van der Waals surface area (Å²) >= 11 is 7.15. The zero-order valence-electron chi connectivity index (χ0n) is 8.01. The van der Waals surface area contributed by atoms with Crippen LogP contribution in [0, 0.1) is 0 Å². The topological polar surface area (TPSA) is 50.4 Å². The number of benzene rings is 1. The molecular weight excluding hydrogens is 248 g/mol. The molecule has 5 heteroatoms. The number of hydrogen-bond donors (Lipinski definition) is 1. The molecule has 0 radical (unpaired) electrons. The Labute approximate surface area is 101 Å². The molecule has 0 bridgehead atoms. The van der Waals surface area contributed by atoms with E-state index in [-0.39, 0.29) is 5.76 Å². The Hall–Kier alpha value is -1.39. The van der Waals surface area contributed by atoms with Crippen molar-refractivity contribution in [2.75, 3.05) is 0 Å². The second-order valence-corrected chi connectivity index (χ2v) is 4.50. The largest absolute Gasteiger partial charge is 0.475 e. The van der Waals surface area contributed by atoms with Crippen molar-refractivity contribution in [2.24, 2.45) is 0 Å². The highest BCUT2D eigenvalue weighted by molar-refractivity contribution is 7.99. The third-order valence-corrected chi connectivity index (χ3v) is 2.95. The molecule has 0 aliphatic carbocycles. The second kappa shape index (κ2) is 4.63. The zero-order chi connectivity index (χ0) is 11.5. The molecule has 2 rings (SSSR count). The van der Waals surface area contributed by atoms with Gasteiger partial charge in [-0.25, -0.2) is 4.79 Å². The molecule has 0 fully saturated rings. The zero-order valence-corrected chi connectivity index (χ0v) is 9.59. The van der Waals surface area contributed by atoms with Gasteiger partial charge in [0.25, 0.3) is 0 Å². The average molecular weight is 255 g/mol. The van der Waals surface area contributed by atoms with Gasteiger partial charge in [0.1, 0.15) is 0 Å². The van der Waals surface area contributed by atoms with E-state index in [0.717, 1.165) is 4.90 Å². The molecule has 0 aliphatic rings. The number of hydrogen-bond acceptors (Lipinski definition) is 3. The van der Waals surface area contributed by atoms with Crippen LogP contribution < -0.4 is 0 Å². The van der Waals surface area contributed by atoms with E-state index < -0.39 is 5.97 Å². The van der Waals surface area contributed by atoms with E-state index in [0.29, 0.717) is 10.1 Å². The lowest BCUT2D eigenvalue weighted by Gasteiger charge is -1.97. The fourth-order valence-electron chi connectivity index (χ4n) is 1.14. The number of rotatable bonds is 3. The lowest BCUT2D eigenvalue weighted by atomic mass is 10.4. The van der Waals surface area contributed by atoms with Crippen molar-refractivity contribution >= 4 is 29.3 Å². The van der Waals surface area contributed by atoms with Gasteiger partial charge < -0.3 is 9.52 Å². The van der Waals surface area contributed by atoms with Gasteiger partial charge in [-0.1, -0.05) is 29.4 Å². The number of furan rings is 1. The van der Waals surface area contributed by atoms with E-state index in [1.807, 2.05) is 12.1 Å². The van der Waals surface area contributed by atoms with Crippen molar-refractivity contribution in [3.8, 4) is 0 Å². The highest BCUT2D eigenvalue weighted by Crippen LogP contribution is 2.30. The van der Waals surface area contributed by atoms with Crippen molar-refractivity contribution in [2.45, 2.75) is 9.99 Å². The van der Waals surface area contributed by atoms with Crippen molar-refractivity contribution in [1.82, 2.24) is 0 Å². The fourth-order valence-corrected chi connectivity index (χ4v) is 2.22. The maximum atomic E-state index is 10.6. The molecule has 1 N–H and O–H groups in total. The van der Waals surface area contributed by atoms with Crippen molar-refractivity contribution in [1.29, 1.82) is 0 Å². The van der Waals surface area contributed by atoms with Gasteiger partial charge in [-0.2, -0.15) is 0 Å². The minimum absolute atomic E-state index is 0.0653. The predicted octanol–water partition coefficient (Wildman–Crippen LogP) is 3.78. The summed E-state index contributed by atoms with van der Waals surface area (Å²) in [5.41, 5.74) is 0. The fraction of sp³-hybridized carbons (Fsp3) is 0. The van der Waals surface area contributed by atoms with Gasteiger partial charge in [-0.05, 0) is 30.3 Å². The van der Waals surface area contributed by atoms with E-state index in [1.54, 1.807) is 18.2 Å². The van der Waals surface area contributed by atoms with Crippen LogP contribution in [0.25, 0.3) is 0 Å². The minimum atomic E-state index is -1.07. The highest BCUT2D eigenvalue weighted by Gasteiger charge is 2.09. The summed E-state index contributed by atoms with van der Waals surface area (Å²) in [6, 6.07) is 10.3. The molecule has 0 amide bonds. The Morgan fingerprint density at radius 3 is 2.75 bits per heavy atom. The van der Waals surface area contributed by atoms with Gasteiger partial charge in [-0.15, -0.1) is 0 Å². The quantitative estimate of drug-likeness (QED) is 0.906. The molecule has 1 aromatic carbocycles. The van der Waals surface area contributed by atoms with Gasteiger partial charge in [0.2, 0.25) is 5.76 Å². The Morgan fingerprint density at radius 2 is 2.12 bits per heavy atom. The van der Waals surface area contributed by atoms with Crippen LogP contribution in [0.3, 0.4) is 0 Å². The van der Waals surface area contributed by atoms with E-state index >= 15 is 0 Å². The number of aromatic carboxylic acids is 1. The summed E-state index contributed by atoms with van der Waals surface area (Å²) in [6.07, 6.45) is 0. The first-order valence-electron chi connectivity index (χ1n) is 4.42. The van der Waals surface area contributed by atoms with Crippen molar-refractivity contribution in [3.63, 3.8) is 0 Å². The molecule has 0 saturated carbocycles. The first-order chi connectivity index (χ1) is 7.65. The monoisotopic (exact) mass is 254 g/mol. The molecule has 0 saturated heterocycles. The standard InChI is InChI=1S/C11H7ClO3S/c12-7-2-1-3-8(6-7)16-10-5-4-9(15-10)11(13)14/h1-6H,(H,13,14). The Kier molecular flexibility index (Phi) is 3.22. The Balaban J connectivity index is 2.17. The van der Waals surface area contributed by atoms with Crippen LogP contribution in [-0.2, 0) is 0 Å². The summed E-state index contributed by atoms with van der Waals surface area (Å²) in [7, 11) is 0. The van der Waals surface area contributed by atoms with E-state index in [9.17, 15) is 4.79 Å². The molecule has 2 aromatic rings. The van der Waals surface area contributed by atoms with E-state index in [4.69, 9.17) is 21.1 Å². The van der Waals surface area contributed by atoms with Crippen LogP contribution in [0.2, 0.25) is 5.02 Å². The van der Waals surface area contributed by atoms with Gasteiger partial charge >= 0.3 is 5.97 Å². The van der Waals surface area contributed by atoms with Gasteiger partial charge in [0, 0.05) is 9.92 Å². The van der Waals surface area contributed by atoms with Crippen LogP contribution in [0.4, 0.5) is 0 Å². The van der Waals surface area contributed by atoms with Crippen LogP contribution in [0.1, 0.15) is 10.6 Å². The average Bonchev–Trinajstić information content (AvgIpc) is 2.66. The van der Waals surface area contributed by atoms with Gasteiger partial charge in [0.15, 0.2) is 5.09 Å². The first-order valence-corrected chi connectivity index (χ1v) is 5.61. The molecular formula is C11H7ClO3S. The SMILES string of the molecule is O=C(O)c1ccc(Sc2cccc(Cl)c2)o1. The molecule has 0 aliphatic heterocycles. The Bertz CT molecular complexity index is 521. The molecule has 0 atom stereocenters. The van der Waals surface area contributed by atoms with Crippen LogP contribution in [0.5, 0.6) is 0 Å². The highest BCUT2D eigenvalue weighted by atomic mass is 35.5. The molecule has 16 heavy (non-hydrogen) atoms. The summed E-state index contributed by atoms with van der Waals surface area (Å²) in [6.45, 7) is 0. The molecule has 1 heterocycles. The molecule has 3 nitrogen and oxygen atoms in total. The predicted molar refractivity (Wildman–Crippen MR) is 61.2 cm³/mol. The second-order valence-electron chi connectivity index (χ2n) is 2.98. The maximum Gasteiger partial charge on any atom is 0.371 e. The molecule has 0 spiro atoms. The van der Waals surface area contributed by atoms with E-state index in [2.05, 4.69) is 0 Å². The molecule has 0 unspecified atom stereocenters. The van der Waals surface area contributed by atoms with Gasteiger partial charge in [0.05, 0.1) is 0 Å². The first kappa shape index (κ1) is 11.1. The van der Waals surface area contributed by atoms with Crippen LogP contribution in [-0.4, -0.2) is 11.1 Å². The van der Waals surface area contributed by atoms with Crippen molar-refractivity contribution in [3.05, 3.63) is 47.2 Å². The summed E-state index contributed by atoms with van der Waals surface area (Å²) in [5, 5.41) is 9.85. The van der Waals surface area contributed by atoms with Crippen LogP contribution in [0.15, 0.2) is 50.8 Å². The van der Waals surface area contributed by atoms with Gasteiger partial charge in [-0.3, -0.25) is 0 Å². The number of halogens is 1. The van der Waals surface area contributed by atoms with E-state index in [1.165, 1.54) is 17.8 Å². The summed E-state index contributed by atoms with van der Waals surface area (Å²) in [4.78, 5) is 11.5. The third kappa shape index (κ3) is 2.59. The smallest absolute Gasteiger partial charge is 0.371 e.